The normalized spacial score (nSPS) is 15.1. The van der Waals surface area contributed by atoms with Gasteiger partial charge in [0.15, 0.2) is 0 Å². The van der Waals surface area contributed by atoms with E-state index in [4.69, 9.17) is 0 Å². The third kappa shape index (κ3) is 2.78. The van der Waals surface area contributed by atoms with Gasteiger partial charge in [0.25, 0.3) is 5.91 Å². The predicted octanol–water partition coefficient (Wildman–Crippen LogP) is 2.81. The molecular weight excluding hydrogens is 261 g/mol. The molecule has 1 saturated carbocycles. The van der Waals surface area contributed by atoms with E-state index in [1.807, 2.05) is 0 Å². The number of rotatable bonds is 3. The van der Waals surface area contributed by atoms with Crippen molar-refractivity contribution in [1.82, 2.24) is 5.32 Å². The second-order valence-electron chi connectivity index (χ2n) is 3.73. The summed E-state index contributed by atoms with van der Waals surface area (Å²) in [6, 6.07) is 5.29. The van der Waals surface area contributed by atoms with Gasteiger partial charge in [-0.3, -0.25) is 4.79 Å². The molecule has 2 nitrogen and oxygen atoms in total. The predicted molar refractivity (Wildman–Crippen MR) is 59.4 cm³/mol. The van der Waals surface area contributed by atoms with Gasteiger partial charge in [0.2, 0.25) is 0 Å². The van der Waals surface area contributed by atoms with Crippen molar-refractivity contribution in [3.8, 4) is 0 Å². The highest BCUT2D eigenvalue weighted by atomic mass is 79.9. The minimum absolute atomic E-state index is 0.117. The van der Waals surface area contributed by atoms with Gasteiger partial charge in [-0.1, -0.05) is 15.9 Å². The first-order valence-electron chi connectivity index (χ1n) is 4.85. The average molecular weight is 272 g/mol. The van der Waals surface area contributed by atoms with Crippen molar-refractivity contribution in [2.75, 3.05) is 0 Å². The second-order valence-corrected chi connectivity index (χ2v) is 4.65. The number of hydrogen-bond donors (Lipinski definition) is 1. The number of alkyl halides is 1. The van der Waals surface area contributed by atoms with Crippen molar-refractivity contribution in [3.05, 3.63) is 33.8 Å². The molecule has 0 radical (unpaired) electrons. The fourth-order valence-electron chi connectivity index (χ4n) is 1.36. The van der Waals surface area contributed by atoms with E-state index in [1.54, 1.807) is 18.2 Å². The molecule has 0 atom stereocenters. The molecule has 0 spiro atoms. The molecule has 0 bridgehead atoms. The summed E-state index contributed by atoms with van der Waals surface area (Å²) in [7, 11) is 0. The Kier molecular flexibility index (Phi) is 3.05. The summed E-state index contributed by atoms with van der Waals surface area (Å²) < 4.78 is 13.2. The second kappa shape index (κ2) is 4.31. The average Bonchev–Trinajstić information content (AvgIpc) is 3.00. The van der Waals surface area contributed by atoms with Crippen molar-refractivity contribution < 1.29 is 9.18 Å². The van der Waals surface area contributed by atoms with Crippen molar-refractivity contribution in [2.24, 2.45) is 0 Å². The molecule has 0 heterocycles. The molecule has 0 unspecified atom stereocenters. The maximum Gasteiger partial charge on any atom is 0.251 e. The van der Waals surface area contributed by atoms with Crippen LogP contribution in [-0.4, -0.2) is 11.9 Å². The van der Waals surface area contributed by atoms with Crippen LogP contribution in [-0.2, 0) is 6.67 Å². The minimum Gasteiger partial charge on any atom is -0.349 e. The first-order valence-corrected chi connectivity index (χ1v) is 5.64. The van der Waals surface area contributed by atoms with Crippen LogP contribution in [0.25, 0.3) is 0 Å². The minimum atomic E-state index is -0.552. The lowest BCUT2D eigenvalue weighted by molar-refractivity contribution is 0.0951. The van der Waals surface area contributed by atoms with Crippen molar-refractivity contribution in [3.63, 3.8) is 0 Å². The third-order valence-corrected chi connectivity index (χ3v) is 2.74. The lowest BCUT2D eigenvalue weighted by atomic mass is 10.1. The molecule has 1 aromatic rings. The molecule has 0 aromatic heterocycles. The molecule has 0 saturated heterocycles. The molecule has 1 aliphatic carbocycles. The monoisotopic (exact) mass is 271 g/mol. The van der Waals surface area contributed by atoms with Crippen LogP contribution < -0.4 is 5.32 Å². The smallest absolute Gasteiger partial charge is 0.251 e. The van der Waals surface area contributed by atoms with Crippen LogP contribution in [0.5, 0.6) is 0 Å². The van der Waals surface area contributed by atoms with Crippen molar-refractivity contribution >= 4 is 21.8 Å². The zero-order chi connectivity index (χ0) is 10.8. The van der Waals surface area contributed by atoms with Gasteiger partial charge >= 0.3 is 0 Å². The van der Waals surface area contributed by atoms with E-state index >= 15 is 0 Å². The zero-order valence-corrected chi connectivity index (χ0v) is 9.68. The largest absolute Gasteiger partial charge is 0.349 e. The Bertz CT molecular complexity index is 390. The Morgan fingerprint density at radius 3 is 2.80 bits per heavy atom. The molecule has 4 heteroatoms. The van der Waals surface area contributed by atoms with Gasteiger partial charge in [0.1, 0.15) is 6.67 Å². The number of benzene rings is 1. The molecule has 0 aliphatic heterocycles. The topological polar surface area (TPSA) is 29.1 Å². The number of amides is 1. The van der Waals surface area contributed by atoms with E-state index in [9.17, 15) is 9.18 Å². The van der Waals surface area contributed by atoms with Gasteiger partial charge in [0, 0.05) is 16.1 Å². The van der Waals surface area contributed by atoms with Crippen LogP contribution in [0.15, 0.2) is 22.7 Å². The summed E-state index contributed by atoms with van der Waals surface area (Å²) >= 11 is 3.26. The summed E-state index contributed by atoms with van der Waals surface area (Å²) in [5.74, 6) is -0.117. The molecule has 2 rings (SSSR count). The molecule has 1 N–H and O–H groups in total. The lowest BCUT2D eigenvalue weighted by Gasteiger charge is -2.05. The Morgan fingerprint density at radius 1 is 1.47 bits per heavy atom. The first kappa shape index (κ1) is 10.6. The lowest BCUT2D eigenvalue weighted by Crippen LogP contribution is -2.25. The van der Waals surface area contributed by atoms with Gasteiger partial charge < -0.3 is 5.32 Å². The number of carbonyl (C=O) groups is 1. The fourth-order valence-corrected chi connectivity index (χ4v) is 1.90. The van der Waals surface area contributed by atoms with Gasteiger partial charge in [-0.05, 0) is 36.6 Å². The fraction of sp³-hybridized carbons (Fsp3) is 0.364. The summed E-state index contributed by atoms with van der Waals surface area (Å²) in [4.78, 5) is 11.7. The number of hydrogen-bond acceptors (Lipinski definition) is 1. The summed E-state index contributed by atoms with van der Waals surface area (Å²) in [6.07, 6.45) is 2.10. The summed E-state index contributed by atoms with van der Waals surface area (Å²) in [6.45, 7) is -0.552. The van der Waals surface area contributed by atoms with E-state index in [0.29, 0.717) is 17.2 Å². The summed E-state index contributed by atoms with van der Waals surface area (Å²) in [5.41, 5.74) is 1.04. The van der Waals surface area contributed by atoms with E-state index in [0.717, 1.165) is 17.3 Å². The molecule has 1 aliphatic rings. The number of carbonyl (C=O) groups excluding carboxylic acids is 1. The molecule has 80 valence electrons. The highest BCUT2D eigenvalue weighted by Crippen LogP contribution is 2.21. The molecule has 15 heavy (non-hydrogen) atoms. The molecule has 1 amide bonds. The van der Waals surface area contributed by atoms with Crippen LogP contribution in [0, 0.1) is 0 Å². The molecule has 1 fully saturated rings. The van der Waals surface area contributed by atoms with E-state index in [1.165, 1.54) is 0 Å². The van der Waals surface area contributed by atoms with Gasteiger partial charge in [-0.25, -0.2) is 4.39 Å². The maximum atomic E-state index is 12.5. The van der Waals surface area contributed by atoms with Crippen molar-refractivity contribution in [1.29, 1.82) is 0 Å². The standard InChI is InChI=1S/C11H11BrFNO/c12-9-4-7(6-13)3-8(5-9)11(15)14-10-1-2-10/h3-5,10H,1-2,6H2,(H,14,15). The van der Waals surface area contributed by atoms with Gasteiger partial charge in [0.05, 0.1) is 0 Å². The maximum absolute atomic E-state index is 12.5. The van der Waals surface area contributed by atoms with Crippen molar-refractivity contribution in [2.45, 2.75) is 25.6 Å². The number of halogens is 2. The van der Waals surface area contributed by atoms with Crippen LogP contribution in [0.3, 0.4) is 0 Å². The van der Waals surface area contributed by atoms with E-state index in [2.05, 4.69) is 21.2 Å². The molecule has 1 aromatic carbocycles. The Labute approximate surface area is 96.0 Å². The third-order valence-electron chi connectivity index (χ3n) is 2.29. The van der Waals surface area contributed by atoms with E-state index < -0.39 is 6.67 Å². The van der Waals surface area contributed by atoms with E-state index in [-0.39, 0.29) is 5.91 Å². The quantitative estimate of drug-likeness (QED) is 0.900. The van der Waals surface area contributed by atoms with Crippen LogP contribution >= 0.6 is 15.9 Å². The first-order chi connectivity index (χ1) is 7.19. The van der Waals surface area contributed by atoms with Crippen LogP contribution in [0.2, 0.25) is 0 Å². The van der Waals surface area contributed by atoms with Crippen LogP contribution in [0.4, 0.5) is 4.39 Å². The Hall–Kier alpha value is -0.900. The molecular formula is C11H11BrFNO. The highest BCUT2D eigenvalue weighted by Gasteiger charge is 2.23. The SMILES string of the molecule is O=C(NC1CC1)c1cc(Br)cc(CF)c1. The zero-order valence-electron chi connectivity index (χ0n) is 8.09. The van der Waals surface area contributed by atoms with Crippen LogP contribution in [0.1, 0.15) is 28.8 Å². The van der Waals surface area contributed by atoms with Gasteiger partial charge in [-0.15, -0.1) is 0 Å². The Balaban J connectivity index is 2.17. The van der Waals surface area contributed by atoms with Gasteiger partial charge in [-0.2, -0.15) is 0 Å². The Morgan fingerprint density at radius 2 is 2.20 bits per heavy atom. The summed E-state index contributed by atoms with van der Waals surface area (Å²) in [5, 5.41) is 2.87. The number of nitrogens with one attached hydrogen (secondary N) is 1. The highest BCUT2D eigenvalue weighted by molar-refractivity contribution is 9.10.